The SMILES string of the molecule is CCC(C)CC(C1CCCCC1(C)C)C(C)(C)CC. The van der Waals surface area contributed by atoms with Crippen LogP contribution in [0.15, 0.2) is 0 Å². The summed E-state index contributed by atoms with van der Waals surface area (Å²) in [7, 11) is 0. The Morgan fingerprint density at radius 1 is 1.16 bits per heavy atom. The van der Waals surface area contributed by atoms with Gasteiger partial charge in [0.25, 0.3) is 0 Å². The molecule has 0 amide bonds. The fourth-order valence-electron chi connectivity index (χ4n) is 4.16. The second-order valence-electron chi connectivity index (χ2n) is 8.54. The average molecular weight is 267 g/mol. The molecule has 1 aliphatic carbocycles. The molecule has 0 heterocycles. The molecule has 19 heavy (non-hydrogen) atoms. The van der Waals surface area contributed by atoms with Crippen LogP contribution in [0, 0.1) is 28.6 Å². The highest BCUT2D eigenvalue weighted by Gasteiger charge is 2.43. The summed E-state index contributed by atoms with van der Waals surface area (Å²) in [6.07, 6.45) is 9.92. The molecule has 0 nitrogen and oxygen atoms in total. The third-order valence-electron chi connectivity index (χ3n) is 6.34. The number of hydrogen-bond donors (Lipinski definition) is 0. The molecule has 0 bridgehead atoms. The Kier molecular flexibility index (Phi) is 5.96. The number of rotatable bonds is 6. The minimum Gasteiger partial charge on any atom is -0.0651 e. The normalized spacial score (nSPS) is 27.0. The summed E-state index contributed by atoms with van der Waals surface area (Å²) in [5.41, 5.74) is 1.06. The minimum absolute atomic E-state index is 0.503. The van der Waals surface area contributed by atoms with E-state index in [0.29, 0.717) is 10.8 Å². The molecular weight excluding hydrogens is 228 g/mol. The maximum Gasteiger partial charge on any atom is -0.0323 e. The van der Waals surface area contributed by atoms with E-state index < -0.39 is 0 Å². The largest absolute Gasteiger partial charge is 0.0651 e. The van der Waals surface area contributed by atoms with E-state index in [0.717, 1.165) is 17.8 Å². The predicted octanol–water partition coefficient (Wildman–Crippen LogP) is 6.69. The van der Waals surface area contributed by atoms with Gasteiger partial charge in [-0.1, -0.05) is 74.1 Å². The van der Waals surface area contributed by atoms with Gasteiger partial charge in [0.1, 0.15) is 0 Å². The smallest absolute Gasteiger partial charge is 0.0323 e. The van der Waals surface area contributed by atoms with E-state index in [-0.39, 0.29) is 0 Å². The first-order valence-electron chi connectivity index (χ1n) is 8.74. The predicted molar refractivity (Wildman–Crippen MR) is 87.4 cm³/mol. The molecule has 0 radical (unpaired) electrons. The molecular formula is C19H38. The van der Waals surface area contributed by atoms with Crippen LogP contribution in [0.3, 0.4) is 0 Å². The van der Waals surface area contributed by atoms with Crippen LogP contribution < -0.4 is 0 Å². The van der Waals surface area contributed by atoms with Crippen LogP contribution in [0.1, 0.15) is 93.4 Å². The molecule has 114 valence electrons. The van der Waals surface area contributed by atoms with Gasteiger partial charge in [-0.25, -0.2) is 0 Å². The van der Waals surface area contributed by atoms with Gasteiger partial charge < -0.3 is 0 Å². The first-order valence-corrected chi connectivity index (χ1v) is 8.74. The zero-order valence-corrected chi connectivity index (χ0v) is 14.7. The quantitative estimate of drug-likeness (QED) is 0.502. The zero-order chi connectivity index (χ0) is 14.7. The topological polar surface area (TPSA) is 0 Å². The van der Waals surface area contributed by atoms with E-state index >= 15 is 0 Å². The van der Waals surface area contributed by atoms with Gasteiger partial charge in [0.2, 0.25) is 0 Å². The maximum atomic E-state index is 2.53. The molecule has 1 saturated carbocycles. The fraction of sp³-hybridized carbons (Fsp3) is 1.00. The van der Waals surface area contributed by atoms with Gasteiger partial charge in [0.15, 0.2) is 0 Å². The third kappa shape index (κ3) is 4.23. The van der Waals surface area contributed by atoms with Crippen LogP contribution in [-0.4, -0.2) is 0 Å². The van der Waals surface area contributed by atoms with Gasteiger partial charge in [0.05, 0.1) is 0 Å². The molecule has 0 aromatic rings. The highest BCUT2D eigenvalue weighted by molar-refractivity contribution is 4.93. The van der Waals surface area contributed by atoms with Gasteiger partial charge >= 0.3 is 0 Å². The van der Waals surface area contributed by atoms with E-state index in [2.05, 4.69) is 48.5 Å². The summed E-state index contributed by atoms with van der Waals surface area (Å²) in [4.78, 5) is 0. The van der Waals surface area contributed by atoms with Gasteiger partial charge in [-0.3, -0.25) is 0 Å². The standard InChI is InChI=1S/C19H38/c1-8-15(3)14-17(18(4,5)9-2)16-12-10-11-13-19(16,6)7/h15-17H,8-14H2,1-7H3. The molecule has 1 rings (SSSR count). The summed E-state index contributed by atoms with van der Waals surface area (Å²) in [5, 5.41) is 0. The molecule has 3 atom stereocenters. The Morgan fingerprint density at radius 3 is 2.26 bits per heavy atom. The lowest BCUT2D eigenvalue weighted by atomic mass is 9.56. The zero-order valence-electron chi connectivity index (χ0n) is 14.7. The first-order chi connectivity index (χ1) is 8.74. The van der Waals surface area contributed by atoms with E-state index in [9.17, 15) is 0 Å². The van der Waals surface area contributed by atoms with Crippen molar-refractivity contribution >= 4 is 0 Å². The van der Waals surface area contributed by atoms with Crippen molar-refractivity contribution in [1.82, 2.24) is 0 Å². The van der Waals surface area contributed by atoms with Crippen LogP contribution >= 0.6 is 0 Å². The highest BCUT2D eigenvalue weighted by Crippen LogP contribution is 2.52. The summed E-state index contributed by atoms with van der Waals surface area (Å²) < 4.78 is 0. The fourth-order valence-corrected chi connectivity index (χ4v) is 4.16. The summed E-state index contributed by atoms with van der Waals surface area (Å²) in [6.45, 7) is 17.3. The van der Waals surface area contributed by atoms with E-state index in [1.807, 2.05) is 0 Å². The highest BCUT2D eigenvalue weighted by atomic mass is 14.5. The van der Waals surface area contributed by atoms with Crippen LogP contribution in [0.2, 0.25) is 0 Å². The lowest BCUT2D eigenvalue weighted by molar-refractivity contribution is 0.00203. The molecule has 0 saturated heterocycles. The summed E-state index contributed by atoms with van der Waals surface area (Å²) >= 11 is 0. The monoisotopic (exact) mass is 266 g/mol. The molecule has 3 unspecified atom stereocenters. The molecule has 0 heteroatoms. The minimum atomic E-state index is 0.503. The molecule has 1 aliphatic rings. The van der Waals surface area contributed by atoms with Crippen LogP contribution in [0.25, 0.3) is 0 Å². The first kappa shape index (κ1) is 17.1. The molecule has 0 aromatic carbocycles. The van der Waals surface area contributed by atoms with Gasteiger partial charge in [-0.05, 0) is 47.8 Å². The molecule has 0 N–H and O–H groups in total. The van der Waals surface area contributed by atoms with Crippen molar-refractivity contribution in [2.24, 2.45) is 28.6 Å². The average Bonchev–Trinajstić information content (AvgIpc) is 2.35. The molecule has 0 spiro atoms. The van der Waals surface area contributed by atoms with Crippen molar-refractivity contribution < 1.29 is 0 Å². The van der Waals surface area contributed by atoms with Gasteiger partial charge in [-0.2, -0.15) is 0 Å². The lowest BCUT2D eigenvalue weighted by Gasteiger charge is -2.49. The second-order valence-corrected chi connectivity index (χ2v) is 8.54. The van der Waals surface area contributed by atoms with Gasteiger partial charge in [-0.15, -0.1) is 0 Å². The van der Waals surface area contributed by atoms with E-state index in [4.69, 9.17) is 0 Å². The Bertz CT molecular complexity index is 261. The Balaban J connectivity index is 2.94. The van der Waals surface area contributed by atoms with E-state index in [1.165, 1.54) is 44.9 Å². The Hall–Kier alpha value is 0. The third-order valence-corrected chi connectivity index (χ3v) is 6.34. The summed E-state index contributed by atoms with van der Waals surface area (Å²) in [5.74, 6) is 2.72. The Labute approximate surface area is 122 Å². The van der Waals surface area contributed by atoms with Gasteiger partial charge in [0, 0.05) is 0 Å². The van der Waals surface area contributed by atoms with Crippen LogP contribution in [0.4, 0.5) is 0 Å². The van der Waals surface area contributed by atoms with Crippen molar-refractivity contribution in [3.05, 3.63) is 0 Å². The van der Waals surface area contributed by atoms with E-state index in [1.54, 1.807) is 0 Å². The van der Waals surface area contributed by atoms with Crippen molar-refractivity contribution in [2.75, 3.05) is 0 Å². The molecule has 1 fully saturated rings. The van der Waals surface area contributed by atoms with Crippen LogP contribution in [-0.2, 0) is 0 Å². The maximum absolute atomic E-state index is 2.53. The van der Waals surface area contributed by atoms with Crippen LogP contribution in [0.5, 0.6) is 0 Å². The van der Waals surface area contributed by atoms with Crippen molar-refractivity contribution in [1.29, 1.82) is 0 Å². The van der Waals surface area contributed by atoms with Crippen molar-refractivity contribution in [2.45, 2.75) is 93.4 Å². The molecule has 0 aliphatic heterocycles. The number of hydrogen-bond acceptors (Lipinski definition) is 0. The molecule has 0 aromatic heterocycles. The van der Waals surface area contributed by atoms with Crippen molar-refractivity contribution in [3.63, 3.8) is 0 Å². The second kappa shape index (κ2) is 6.64. The lowest BCUT2D eigenvalue weighted by Crippen LogP contribution is -2.41. The summed E-state index contributed by atoms with van der Waals surface area (Å²) in [6, 6.07) is 0. The Morgan fingerprint density at radius 2 is 1.79 bits per heavy atom. The van der Waals surface area contributed by atoms with Crippen molar-refractivity contribution in [3.8, 4) is 0 Å².